The molecule has 2 aromatic heterocycles. The first-order valence-corrected chi connectivity index (χ1v) is 12.9. The smallest absolute Gasteiger partial charge is 0.338 e. The molecule has 1 atom stereocenters. The van der Waals surface area contributed by atoms with Crippen LogP contribution in [-0.4, -0.2) is 44.5 Å². The summed E-state index contributed by atoms with van der Waals surface area (Å²) in [5, 5.41) is 0. The molecule has 3 heterocycles. The fourth-order valence-electron chi connectivity index (χ4n) is 4.39. The molecule has 3 aromatic rings. The maximum Gasteiger partial charge on any atom is 0.338 e. The second-order valence-corrected chi connectivity index (χ2v) is 9.27. The van der Waals surface area contributed by atoms with E-state index in [9.17, 15) is 9.59 Å². The van der Waals surface area contributed by atoms with Crippen molar-refractivity contribution in [1.82, 2.24) is 4.57 Å². The number of rotatable bonds is 9. The Kier molecular flexibility index (Phi) is 7.87. The van der Waals surface area contributed by atoms with Crippen LogP contribution in [0, 0.1) is 0 Å². The van der Waals surface area contributed by atoms with Crippen LogP contribution >= 0.6 is 11.3 Å². The van der Waals surface area contributed by atoms with E-state index in [1.165, 1.54) is 15.9 Å². The van der Waals surface area contributed by atoms with E-state index < -0.39 is 12.0 Å². The summed E-state index contributed by atoms with van der Waals surface area (Å²) < 4.78 is 24.4. The number of carbonyl (C=O) groups is 1. The molecular formula is C27H31N3O6S. The fraction of sp³-hybridized carbons (Fsp3) is 0.370. The van der Waals surface area contributed by atoms with Crippen LogP contribution in [-0.2, 0) is 9.53 Å². The summed E-state index contributed by atoms with van der Waals surface area (Å²) in [4.78, 5) is 34.1. The van der Waals surface area contributed by atoms with Crippen LogP contribution in [0.2, 0.25) is 0 Å². The first-order chi connectivity index (χ1) is 17.9. The molecule has 10 heteroatoms. The van der Waals surface area contributed by atoms with Gasteiger partial charge in [0.15, 0.2) is 10.7 Å². The fourth-order valence-corrected chi connectivity index (χ4v) is 5.42. The largest absolute Gasteiger partial charge is 0.497 e. The second-order valence-electron chi connectivity index (χ2n) is 8.26. The normalized spacial score (nSPS) is 15.3. The van der Waals surface area contributed by atoms with Crippen LogP contribution in [0.15, 0.2) is 55.8 Å². The molecule has 0 bridgehead atoms. The number of furan rings is 1. The summed E-state index contributed by atoms with van der Waals surface area (Å²) in [5.41, 5.74) is 1.04. The molecule has 0 amide bonds. The van der Waals surface area contributed by atoms with E-state index in [-0.39, 0.29) is 17.7 Å². The minimum absolute atomic E-state index is 0.190. The minimum atomic E-state index is -0.815. The number of carbonyl (C=O) groups excluding carboxylic acids is 1. The van der Waals surface area contributed by atoms with E-state index in [0.29, 0.717) is 37.9 Å². The third-order valence-electron chi connectivity index (χ3n) is 6.21. The molecule has 1 aliphatic heterocycles. The van der Waals surface area contributed by atoms with Crippen molar-refractivity contribution in [3.8, 4) is 11.5 Å². The number of methoxy groups -OCH3 is 2. The molecular weight excluding hydrogens is 494 g/mol. The standard InChI is InChI=1S/C27H31N3O6S/c1-7-29(8-2)22-13-11-18(36-22)15-21-25(31)30-24(19-14-17(33-5)10-12-20(19)34-6)23(26(32)35-9-3)16(4)28-27(30)37-21/h10-15,24H,7-9H2,1-6H3/b21-15-/t24-/m1/s1. The summed E-state index contributed by atoms with van der Waals surface area (Å²) >= 11 is 1.23. The van der Waals surface area contributed by atoms with Gasteiger partial charge in [0.05, 0.1) is 36.6 Å². The maximum absolute atomic E-state index is 13.8. The van der Waals surface area contributed by atoms with Crippen LogP contribution < -0.4 is 29.3 Å². The first-order valence-electron chi connectivity index (χ1n) is 12.1. The highest BCUT2D eigenvalue weighted by molar-refractivity contribution is 7.07. The van der Waals surface area contributed by atoms with E-state index in [4.69, 9.17) is 18.6 Å². The molecule has 0 saturated carbocycles. The highest BCUT2D eigenvalue weighted by atomic mass is 32.1. The molecule has 0 N–H and O–H groups in total. The van der Waals surface area contributed by atoms with Gasteiger partial charge in [-0.2, -0.15) is 0 Å². The molecule has 196 valence electrons. The maximum atomic E-state index is 13.8. The minimum Gasteiger partial charge on any atom is -0.497 e. The van der Waals surface area contributed by atoms with Crippen molar-refractivity contribution in [2.45, 2.75) is 33.7 Å². The Hall–Kier alpha value is -3.79. The number of thiazole rings is 1. The number of allylic oxidation sites excluding steroid dienone is 1. The van der Waals surface area contributed by atoms with Crippen molar-refractivity contribution < 1.29 is 23.4 Å². The number of anilines is 1. The molecule has 1 aromatic carbocycles. The third-order valence-corrected chi connectivity index (χ3v) is 7.19. The second kappa shape index (κ2) is 11.1. The predicted octanol–water partition coefficient (Wildman–Crippen LogP) is 3.25. The SMILES string of the molecule is CCOC(=O)C1=C(C)N=c2s/c(=C\c3ccc(N(CC)CC)o3)c(=O)n2[C@@H]1c1cc(OC)ccc1OC. The number of nitrogens with zero attached hydrogens (tertiary/aromatic N) is 3. The van der Waals surface area contributed by atoms with E-state index in [1.54, 1.807) is 52.3 Å². The van der Waals surface area contributed by atoms with Gasteiger partial charge in [-0.3, -0.25) is 9.36 Å². The number of benzene rings is 1. The van der Waals surface area contributed by atoms with Crippen molar-refractivity contribution >= 4 is 29.3 Å². The van der Waals surface area contributed by atoms with E-state index in [0.717, 1.165) is 19.0 Å². The summed E-state index contributed by atoms with van der Waals surface area (Å²) in [6, 6.07) is 8.19. The zero-order valence-electron chi connectivity index (χ0n) is 21.9. The van der Waals surface area contributed by atoms with Gasteiger partial charge < -0.3 is 23.5 Å². The molecule has 1 aliphatic rings. The van der Waals surface area contributed by atoms with Gasteiger partial charge in [0.2, 0.25) is 0 Å². The van der Waals surface area contributed by atoms with E-state index in [2.05, 4.69) is 23.7 Å². The average molecular weight is 526 g/mol. The van der Waals surface area contributed by atoms with Gasteiger partial charge in [-0.15, -0.1) is 0 Å². The van der Waals surface area contributed by atoms with Crippen LogP contribution in [0.3, 0.4) is 0 Å². The zero-order valence-corrected chi connectivity index (χ0v) is 22.7. The van der Waals surface area contributed by atoms with Crippen LogP contribution in [0.5, 0.6) is 11.5 Å². The quantitative estimate of drug-likeness (QED) is 0.396. The van der Waals surface area contributed by atoms with Crippen LogP contribution in [0.4, 0.5) is 5.88 Å². The molecule has 9 nitrogen and oxygen atoms in total. The number of esters is 1. The average Bonchev–Trinajstić information content (AvgIpc) is 3.48. The molecule has 0 unspecified atom stereocenters. The molecule has 0 radical (unpaired) electrons. The molecule has 0 fully saturated rings. The Morgan fingerprint density at radius 3 is 2.57 bits per heavy atom. The summed E-state index contributed by atoms with van der Waals surface area (Å²) in [5.74, 6) is 1.83. The molecule has 37 heavy (non-hydrogen) atoms. The Balaban J connectivity index is 1.94. The Bertz CT molecular complexity index is 1510. The topological polar surface area (TPSA) is 95.5 Å². The van der Waals surface area contributed by atoms with Crippen LogP contribution in [0.1, 0.15) is 45.1 Å². The van der Waals surface area contributed by atoms with Crippen molar-refractivity contribution in [3.05, 3.63) is 72.6 Å². The summed E-state index contributed by atoms with van der Waals surface area (Å²) in [6.45, 7) is 9.40. The molecule has 0 saturated heterocycles. The summed E-state index contributed by atoms with van der Waals surface area (Å²) in [6.07, 6.45) is 1.71. The highest BCUT2D eigenvalue weighted by Crippen LogP contribution is 2.37. The monoisotopic (exact) mass is 525 g/mol. The van der Waals surface area contributed by atoms with Crippen molar-refractivity contribution in [3.63, 3.8) is 0 Å². The number of aromatic nitrogens is 1. The van der Waals surface area contributed by atoms with Gasteiger partial charge in [0, 0.05) is 30.8 Å². The number of ether oxygens (including phenoxy) is 3. The highest BCUT2D eigenvalue weighted by Gasteiger charge is 2.35. The first kappa shape index (κ1) is 26.3. The van der Waals surface area contributed by atoms with Gasteiger partial charge in [0.25, 0.3) is 5.56 Å². The van der Waals surface area contributed by atoms with Gasteiger partial charge >= 0.3 is 5.97 Å². The van der Waals surface area contributed by atoms with Gasteiger partial charge in [-0.1, -0.05) is 11.3 Å². The Morgan fingerprint density at radius 2 is 1.92 bits per heavy atom. The predicted molar refractivity (Wildman–Crippen MR) is 142 cm³/mol. The number of fused-ring (bicyclic) bond motifs is 1. The van der Waals surface area contributed by atoms with Crippen molar-refractivity contribution in [2.75, 3.05) is 38.8 Å². The van der Waals surface area contributed by atoms with Gasteiger partial charge in [0.1, 0.15) is 23.3 Å². The van der Waals surface area contributed by atoms with Crippen molar-refractivity contribution in [1.29, 1.82) is 0 Å². The number of hydrogen-bond donors (Lipinski definition) is 0. The Morgan fingerprint density at radius 1 is 1.16 bits per heavy atom. The van der Waals surface area contributed by atoms with E-state index >= 15 is 0 Å². The third kappa shape index (κ3) is 4.93. The van der Waals surface area contributed by atoms with E-state index in [1.807, 2.05) is 12.1 Å². The zero-order chi connectivity index (χ0) is 26.7. The lowest BCUT2D eigenvalue weighted by Gasteiger charge is -2.26. The Labute approximate surface area is 218 Å². The lowest BCUT2D eigenvalue weighted by atomic mass is 9.95. The lowest BCUT2D eigenvalue weighted by Crippen LogP contribution is -2.40. The molecule has 0 spiro atoms. The lowest BCUT2D eigenvalue weighted by molar-refractivity contribution is -0.139. The van der Waals surface area contributed by atoms with Gasteiger partial charge in [-0.05, 0) is 52.0 Å². The van der Waals surface area contributed by atoms with Gasteiger partial charge in [-0.25, -0.2) is 9.79 Å². The van der Waals surface area contributed by atoms with Crippen molar-refractivity contribution in [2.24, 2.45) is 4.99 Å². The molecule has 4 rings (SSSR count). The summed E-state index contributed by atoms with van der Waals surface area (Å²) in [7, 11) is 3.10. The number of hydrogen-bond acceptors (Lipinski definition) is 9. The molecule has 0 aliphatic carbocycles. The van der Waals surface area contributed by atoms with Crippen LogP contribution in [0.25, 0.3) is 6.08 Å².